The molecule has 9 aromatic rings. The average molecular weight is 2070 g/mol. The number of nitrogens with zero attached hydrogens (tertiary/aromatic N) is 5. The molecule has 780 valence electrons. The second kappa shape index (κ2) is 58.7. The summed E-state index contributed by atoms with van der Waals surface area (Å²) in [6.45, 7) is 16.1. The predicted octanol–water partition coefficient (Wildman–Crippen LogP) is 13.0. The van der Waals surface area contributed by atoms with Gasteiger partial charge in [0.05, 0.1) is 62.4 Å². The van der Waals surface area contributed by atoms with Gasteiger partial charge in [0.25, 0.3) is 17.7 Å². The first-order chi connectivity index (χ1) is 67.9. The van der Waals surface area contributed by atoms with E-state index in [1.165, 1.54) is 63.6 Å². The molecule has 13 N–H and O–H groups in total. The minimum Gasteiger partial charge on any atom is -0.390 e. The zero-order valence-corrected chi connectivity index (χ0v) is 85.6. The van der Waals surface area contributed by atoms with Crippen LogP contribution < -0.4 is 38.7 Å². The van der Waals surface area contributed by atoms with Crippen molar-refractivity contribution in [1.82, 2.24) is 45.6 Å². The van der Waals surface area contributed by atoms with E-state index in [1.54, 1.807) is 18.2 Å². The Morgan fingerprint density at radius 3 is 0.923 bits per heavy atom. The van der Waals surface area contributed by atoms with Crippen LogP contribution in [-0.4, -0.2) is 213 Å². The molecule has 28 nitrogen and oxygen atoms in total. The van der Waals surface area contributed by atoms with Crippen molar-refractivity contribution in [2.45, 2.75) is 268 Å². The van der Waals surface area contributed by atoms with Crippen LogP contribution in [0.5, 0.6) is 0 Å². The van der Waals surface area contributed by atoms with Crippen LogP contribution in [0, 0.1) is 34.9 Å². The fraction of sp³-hybridized carbons (Fsp3) is 0.457. The number of H-pyrrole nitrogens is 1. The minimum absolute atomic E-state index is 0.00930. The number of carbonyl (C=O) groups excluding carboxylic acids is 6. The third kappa shape index (κ3) is 39.1. The molecule has 38 heteroatoms. The summed E-state index contributed by atoms with van der Waals surface area (Å²) >= 11 is 5.88. The summed E-state index contributed by atoms with van der Waals surface area (Å²) in [6, 6.07) is 31.6. The maximum atomic E-state index is 14.4. The molecule has 6 amide bonds. The molecule has 9 atom stereocenters. The Balaban J connectivity index is 0.000000291. The first-order valence-electron chi connectivity index (χ1n) is 48.4. The van der Waals surface area contributed by atoms with Gasteiger partial charge < -0.3 is 68.2 Å². The Morgan fingerprint density at radius 2 is 0.657 bits per heavy atom. The van der Waals surface area contributed by atoms with E-state index in [4.69, 9.17) is 28.8 Å². The highest BCUT2D eigenvalue weighted by atomic mass is 35.5. The molecule has 0 bridgehead atoms. The number of carbonyl (C=O) groups is 6. The van der Waals surface area contributed by atoms with Crippen LogP contribution in [0.25, 0.3) is 0 Å². The van der Waals surface area contributed by atoms with Gasteiger partial charge in [0, 0.05) is 112 Å². The number of amides is 6. The van der Waals surface area contributed by atoms with Gasteiger partial charge in [0.1, 0.15) is 58.2 Å². The van der Waals surface area contributed by atoms with Crippen molar-refractivity contribution >= 4 is 76.6 Å². The van der Waals surface area contributed by atoms with Crippen LogP contribution in [0.4, 0.5) is 26.3 Å². The van der Waals surface area contributed by atoms with Gasteiger partial charge in [-0.2, -0.15) is 0 Å². The molecule has 0 aliphatic heterocycles. The summed E-state index contributed by atoms with van der Waals surface area (Å²) in [5, 5.41) is 39.4. The zero-order valence-electron chi connectivity index (χ0n) is 82.4. The maximum Gasteiger partial charge on any atom is 0.253 e. The third-order valence-corrected chi connectivity index (χ3v) is 31.4. The van der Waals surface area contributed by atoms with Crippen LogP contribution in [0.15, 0.2) is 193 Å². The number of rotatable bonds is 54. The van der Waals surface area contributed by atoms with Crippen LogP contribution in [0.1, 0.15) is 221 Å². The lowest BCUT2D eigenvalue weighted by atomic mass is 10.0. The normalized spacial score (nSPS) is 13.6. The number of sulfone groups is 3. The lowest BCUT2D eigenvalue weighted by Gasteiger charge is -2.32. The van der Waals surface area contributed by atoms with Crippen molar-refractivity contribution in [3.63, 3.8) is 0 Å². The fourth-order valence-electron chi connectivity index (χ4n) is 16.7. The highest BCUT2D eigenvalue weighted by Gasteiger charge is 2.41. The molecule has 143 heavy (non-hydrogen) atoms. The van der Waals surface area contributed by atoms with Crippen molar-refractivity contribution in [2.24, 2.45) is 17.2 Å². The molecular weight excluding hydrogens is 1930 g/mol. The number of aryl methyl sites for hydroxylation is 3. The minimum atomic E-state index is -3.91. The third-order valence-electron chi connectivity index (χ3n) is 24.3. The molecule has 0 saturated heterocycles. The highest BCUT2D eigenvalue weighted by molar-refractivity contribution is 7.92. The molecule has 0 radical (unpaired) electrons. The molecule has 0 fully saturated rings. The van der Waals surface area contributed by atoms with E-state index in [9.17, 15) is 100 Å². The van der Waals surface area contributed by atoms with E-state index in [1.807, 2.05) is 117 Å². The second-order valence-corrected chi connectivity index (χ2v) is 43.4. The molecule has 0 aliphatic carbocycles. The Hall–Kier alpha value is -11.1. The number of nitrogens with one attached hydrogen (secondary N) is 4. The van der Waals surface area contributed by atoms with Crippen LogP contribution in [0.2, 0.25) is 5.15 Å². The molecule has 9 rings (SSSR count). The lowest BCUT2D eigenvalue weighted by molar-refractivity contribution is -0.135. The van der Waals surface area contributed by atoms with Gasteiger partial charge in [-0.15, -0.1) is 0 Å². The summed E-state index contributed by atoms with van der Waals surface area (Å²) < 4.78 is 165. The fourth-order valence-corrected chi connectivity index (χ4v) is 23.3. The van der Waals surface area contributed by atoms with Gasteiger partial charge in [-0.05, 0) is 194 Å². The first kappa shape index (κ1) is 119. The highest BCUT2D eigenvalue weighted by Crippen LogP contribution is 2.27. The summed E-state index contributed by atoms with van der Waals surface area (Å²) in [5.74, 6) is -11.1. The Kier molecular flexibility index (Phi) is 48.8. The molecular formula is C105H137ClF6N12O16S3. The number of hydrogen-bond donors (Lipinski definition) is 10. The zero-order chi connectivity index (χ0) is 105. The van der Waals surface area contributed by atoms with E-state index in [0.717, 1.165) is 102 Å². The number of halogens is 7. The van der Waals surface area contributed by atoms with E-state index < -0.39 is 193 Å². The predicted molar refractivity (Wildman–Crippen MR) is 542 cm³/mol. The number of hydrogen-bond acceptors (Lipinski definition) is 21. The molecule has 0 saturated carbocycles. The van der Waals surface area contributed by atoms with Gasteiger partial charge in [0.15, 0.2) is 29.5 Å². The van der Waals surface area contributed by atoms with Crippen molar-refractivity contribution in [2.75, 3.05) is 36.9 Å². The van der Waals surface area contributed by atoms with Crippen LogP contribution >= 0.6 is 11.6 Å². The quantitative estimate of drug-likeness (QED) is 0.0125. The van der Waals surface area contributed by atoms with Crippen molar-refractivity contribution in [1.29, 1.82) is 0 Å². The molecule has 3 heterocycles. The maximum absolute atomic E-state index is 14.4. The monoisotopic (exact) mass is 2070 g/mol. The largest absolute Gasteiger partial charge is 0.390 e. The SMILES string of the molecule is CCCC(CCC)S(=O)(=O)CC(NC(=O)c1ccc(=O)[nH]c1)C(=O)N(Cc1cccc(CC)c1)C[C@@H](O)[C@@H](N)Cc1cc(F)cc(F)c1.CCCC(CCC)S(=O)(=O)CC(NC(=O)c1ccc(Cl)nc1)C(=O)N(Cc1cccc(CC)c1)C[C@@H](O)[C@@H](N)Cc1cc(F)cc(F)c1.CCCC(CCC)S(=O)(=O)CC(NC(=O)c1ccncc1)C(=O)N(Cc1cccc(CC)c1)C[C@@H](O)[C@@H](N)Cc1cc(F)cc(F)c1. The Labute approximate surface area is 840 Å². The van der Waals surface area contributed by atoms with Crippen LogP contribution in [0.3, 0.4) is 0 Å². The number of aromatic nitrogens is 3. The second-order valence-electron chi connectivity index (χ2n) is 36.0. The standard InChI is InChI=1S/C35H45ClF2N4O5S.C35H46F2N4O6S.C35H46F2N4O5S/c1-4-8-29(9-5-2)48(46,47)22-31(41-34(44)26-12-13-33(36)40-19-26)35(45)42(20-24-11-7-10-23(6-3)14-24)21-32(43)30(39)17-25-15-27(37)18-28(38)16-25;1-4-8-29(9-5-2)48(46,47)22-31(40-34(44)26-12-13-33(43)39-19-26)35(45)41(20-24-11-7-10-23(6-3)14-24)21-32(42)30(38)17-25-15-27(36)18-28(37)16-25;1-4-8-30(9-5-2)47(45,46)23-32(40-34(43)27-12-14-39-15-13-27)35(44)41(21-25-11-7-10-24(6-3)16-25)22-33(42)31(38)19-26-17-28(36)20-29(37)18-26/h7,10-16,18-19,29-32,43H,4-6,8-9,17,20-22,39H2,1-3H3,(H,41,44);7,10-16,18-19,29-32,42H,4-6,8-9,17,20-22,38H2,1-3H3,(H,39,43)(H,40,44);7,10-18,20,30-33,42H,4-6,8-9,19,21-23,38H2,1-3H3,(H,40,43)/t2*30-,31?,32+;31-,32?,33+/m000/s1. The molecule has 0 aliphatic rings. The van der Waals surface area contributed by atoms with Gasteiger partial charge in [-0.3, -0.25) is 38.5 Å². The molecule has 0 spiro atoms. The molecule has 6 aromatic carbocycles. The Bertz CT molecular complexity index is 5950. The summed E-state index contributed by atoms with van der Waals surface area (Å²) in [6.07, 6.45) is 9.03. The number of nitrogens with two attached hydrogens (primary N) is 3. The van der Waals surface area contributed by atoms with Gasteiger partial charge in [-0.25, -0.2) is 56.6 Å². The van der Waals surface area contributed by atoms with Gasteiger partial charge >= 0.3 is 0 Å². The summed E-state index contributed by atoms with van der Waals surface area (Å²) in [7, 11) is -11.7. The van der Waals surface area contributed by atoms with E-state index in [2.05, 4.69) is 30.9 Å². The summed E-state index contributed by atoms with van der Waals surface area (Å²) in [5.41, 5.74) is 24.4. The van der Waals surface area contributed by atoms with Crippen molar-refractivity contribution in [3.8, 4) is 0 Å². The van der Waals surface area contributed by atoms with E-state index in [0.29, 0.717) is 94.6 Å². The van der Waals surface area contributed by atoms with Crippen LogP contribution in [-0.2, 0) is 102 Å². The van der Waals surface area contributed by atoms with Gasteiger partial charge in [0.2, 0.25) is 23.3 Å². The van der Waals surface area contributed by atoms with E-state index >= 15 is 0 Å². The topological polar surface area (TPSA) is 448 Å². The van der Waals surface area contributed by atoms with Crippen molar-refractivity contribution < 1.29 is 95.7 Å². The van der Waals surface area contributed by atoms with E-state index in [-0.39, 0.29) is 97.1 Å². The number of aliphatic hydroxyl groups is 3. The molecule has 3 aromatic heterocycles. The first-order valence-corrected chi connectivity index (χ1v) is 53.9. The Morgan fingerprint density at radius 1 is 0.378 bits per heavy atom. The lowest BCUT2D eigenvalue weighted by Crippen LogP contribution is -2.55. The number of pyridine rings is 3. The van der Waals surface area contributed by atoms with Gasteiger partial charge in [-0.1, -0.05) is 185 Å². The number of benzene rings is 6. The summed E-state index contributed by atoms with van der Waals surface area (Å²) in [4.78, 5) is 109. The smallest absolute Gasteiger partial charge is 0.253 e. The average Bonchev–Trinajstić information content (AvgIpc) is 0.819. The number of aromatic amines is 1. The number of aliphatic hydroxyl groups excluding tert-OH is 3. The van der Waals surface area contributed by atoms with Crippen molar-refractivity contribution in [3.05, 3.63) is 306 Å². The molecule has 3 unspecified atom stereocenters.